The van der Waals surface area contributed by atoms with Gasteiger partial charge in [-0.2, -0.15) is 0 Å². The highest BCUT2D eigenvalue weighted by atomic mass is 35.5. The SMILES string of the molecule is Clc1ccc[c]c1OC1CC1. The Bertz CT molecular complexity index is 255. The van der Waals surface area contributed by atoms with Crippen LogP contribution >= 0.6 is 11.6 Å². The Kier molecular flexibility index (Phi) is 1.74. The third-order valence-electron chi connectivity index (χ3n) is 1.58. The van der Waals surface area contributed by atoms with Gasteiger partial charge in [-0.3, -0.25) is 0 Å². The van der Waals surface area contributed by atoms with Gasteiger partial charge in [0.1, 0.15) is 5.75 Å². The number of ether oxygens (including phenoxy) is 1. The van der Waals surface area contributed by atoms with Crippen molar-refractivity contribution in [2.75, 3.05) is 0 Å². The zero-order valence-electron chi connectivity index (χ0n) is 6.01. The molecule has 1 aliphatic rings. The van der Waals surface area contributed by atoms with Crippen LogP contribution in [0.3, 0.4) is 0 Å². The number of halogens is 1. The predicted octanol–water partition coefficient (Wildman–Crippen LogP) is 2.68. The highest BCUT2D eigenvalue weighted by Crippen LogP contribution is 2.30. The average molecular weight is 168 g/mol. The van der Waals surface area contributed by atoms with Gasteiger partial charge in [0.05, 0.1) is 11.1 Å². The monoisotopic (exact) mass is 167 g/mol. The van der Waals surface area contributed by atoms with Crippen LogP contribution in [0, 0.1) is 6.07 Å². The van der Waals surface area contributed by atoms with Gasteiger partial charge in [0.25, 0.3) is 0 Å². The number of hydrogen-bond acceptors (Lipinski definition) is 1. The molecule has 0 unspecified atom stereocenters. The van der Waals surface area contributed by atoms with Crippen LogP contribution in [0.15, 0.2) is 18.2 Å². The van der Waals surface area contributed by atoms with Crippen molar-refractivity contribution >= 4 is 11.6 Å². The summed E-state index contributed by atoms with van der Waals surface area (Å²) >= 11 is 5.84. The summed E-state index contributed by atoms with van der Waals surface area (Å²) in [6.45, 7) is 0. The molecule has 0 N–H and O–H groups in total. The van der Waals surface area contributed by atoms with Gasteiger partial charge in [0.2, 0.25) is 0 Å². The second-order valence-corrected chi connectivity index (χ2v) is 3.07. The minimum absolute atomic E-state index is 0.395. The Hall–Kier alpha value is -0.690. The first-order valence-electron chi connectivity index (χ1n) is 3.69. The van der Waals surface area contributed by atoms with E-state index < -0.39 is 0 Å². The van der Waals surface area contributed by atoms with Crippen molar-refractivity contribution in [2.45, 2.75) is 18.9 Å². The van der Waals surface area contributed by atoms with Crippen LogP contribution in [0.25, 0.3) is 0 Å². The van der Waals surface area contributed by atoms with Crippen molar-refractivity contribution in [1.82, 2.24) is 0 Å². The van der Waals surface area contributed by atoms with E-state index in [9.17, 15) is 0 Å². The van der Waals surface area contributed by atoms with Gasteiger partial charge in [0.15, 0.2) is 0 Å². The molecule has 0 aromatic heterocycles. The maximum atomic E-state index is 5.84. The molecule has 0 saturated heterocycles. The third-order valence-corrected chi connectivity index (χ3v) is 1.88. The first-order chi connectivity index (χ1) is 5.36. The fraction of sp³-hybridized carbons (Fsp3) is 0.333. The van der Waals surface area contributed by atoms with Crippen molar-refractivity contribution in [3.63, 3.8) is 0 Å². The van der Waals surface area contributed by atoms with Crippen molar-refractivity contribution in [3.8, 4) is 5.75 Å². The maximum Gasteiger partial charge on any atom is 0.146 e. The largest absolute Gasteiger partial charge is 0.488 e. The molecule has 0 atom stereocenters. The standard InChI is InChI=1S/C9H8ClO/c10-8-3-1-2-4-9(8)11-7-5-6-7/h1-3,7H,5-6H2. The Labute approximate surface area is 70.9 Å². The van der Waals surface area contributed by atoms with Crippen LogP contribution in [-0.4, -0.2) is 6.10 Å². The molecule has 11 heavy (non-hydrogen) atoms. The first-order valence-corrected chi connectivity index (χ1v) is 4.07. The zero-order chi connectivity index (χ0) is 7.68. The van der Waals surface area contributed by atoms with Crippen LogP contribution in [0.1, 0.15) is 12.8 Å². The summed E-state index contributed by atoms with van der Waals surface area (Å²) in [5, 5.41) is 0.652. The van der Waals surface area contributed by atoms with E-state index in [1.54, 1.807) is 0 Å². The summed E-state index contributed by atoms with van der Waals surface area (Å²) in [7, 11) is 0. The molecule has 1 saturated carbocycles. The molecule has 2 heteroatoms. The molecule has 0 spiro atoms. The van der Waals surface area contributed by atoms with Crippen molar-refractivity contribution < 1.29 is 4.74 Å². The average Bonchev–Trinajstić information content (AvgIpc) is 2.78. The summed E-state index contributed by atoms with van der Waals surface area (Å²) in [5.41, 5.74) is 0. The third kappa shape index (κ3) is 1.66. The Morgan fingerprint density at radius 1 is 1.55 bits per heavy atom. The quantitative estimate of drug-likeness (QED) is 0.658. The van der Waals surface area contributed by atoms with E-state index in [2.05, 4.69) is 6.07 Å². The Morgan fingerprint density at radius 3 is 3.00 bits per heavy atom. The van der Waals surface area contributed by atoms with Crippen LogP contribution in [0.4, 0.5) is 0 Å². The fourth-order valence-corrected chi connectivity index (χ4v) is 1.02. The summed E-state index contributed by atoms with van der Waals surface area (Å²) in [4.78, 5) is 0. The summed E-state index contributed by atoms with van der Waals surface area (Å²) < 4.78 is 5.47. The van der Waals surface area contributed by atoms with E-state index in [-0.39, 0.29) is 0 Å². The lowest BCUT2D eigenvalue weighted by Gasteiger charge is -2.03. The van der Waals surface area contributed by atoms with Crippen molar-refractivity contribution in [3.05, 3.63) is 29.3 Å². The fourth-order valence-electron chi connectivity index (χ4n) is 0.844. The van der Waals surface area contributed by atoms with Gasteiger partial charge < -0.3 is 4.74 Å². The number of para-hydroxylation sites is 1. The molecule has 1 fully saturated rings. The normalized spacial score (nSPS) is 16.5. The lowest BCUT2D eigenvalue weighted by Crippen LogP contribution is -1.95. The molecule has 0 aliphatic heterocycles. The number of hydrogen-bond donors (Lipinski definition) is 0. The van der Waals surface area contributed by atoms with E-state index in [4.69, 9.17) is 16.3 Å². The first kappa shape index (κ1) is 6.99. The molecule has 2 rings (SSSR count). The van der Waals surface area contributed by atoms with Gasteiger partial charge in [-0.25, -0.2) is 0 Å². The van der Waals surface area contributed by atoms with Crippen LogP contribution in [-0.2, 0) is 0 Å². The van der Waals surface area contributed by atoms with Crippen LogP contribution in [0.2, 0.25) is 5.02 Å². The van der Waals surface area contributed by atoms with E-state index in [1.165, 1.54) is 0 Å². The Balaban J connectivity index is 2.15. The van der Waals surface area contributed by atoms with E-state index >= 15 is 0 Å². The molecule has 1 aromatic rings. The highest BCUT2D eigenvalue weighted by Gasteiger charge is 2.24. The van der Waals surface area contributed by atoms with Gasteiger partial charge in [0, 0.05) is 6.07 Å². The minimum Gasteiger partial charge on any atom is -0.488 e. The molecule has 0 bridgehead atoms. The molecule has 1 nitrogen and oxygen atoms in total. The van der Waals surface area contributed by atoms with Gasteiger partial charge in [-0.1, -0.05) is 23.7 Å². The lowest BCUT2D eigenvalue weighted by atomic mass is 10.3. The van der Waals surface area contributed by atoms with Crippen molar-refractivity contribution in [1.29, 1.82) is 0 Å². The van der Waals surface area contributed by atoms with Crippen LogP contribution in [0.5, 0.6) is 5.75 Å². The number of rotatable bonds is 2. The summed E-state index contributed by atoms with van der Waals surface area (Å²) in [6, 6.07) is 8.43. The van der Waals surface area contributed by atoms with Gasteiger partial charge in [-0.15, -0.1) is 0 Å². The topological polar surface area (TPSA) is 9.23 Å². The van der Waals surface area contributed by atoms with E-state index in [0.29, 0.717) is 16.9 Å². The van der Waals surface area contributed by atoms with Gasteiger partial charge >= 0.3 is 0 Å². The molecular weight excluding hydrogens is 160 g/mol. The lowest BCUT2D eigenvalue weighted by molar-refractivity contribution is 0.303. The number of benzene rings is 1. The second-order valence-electron chi connectivity index (χ2n) is 2.66. The van der Waals surface area contributed by atoms with Crippen LogP contribution < -0.4 is 4.74 Å². The predicted molar refractivity (Wildman–Crippen MR) is 43.9 cm³/mol. The molecule has 1 aliphatic carbocycles. The molecule has 0 heterocycles. The highest BCUT2D eigenvalue weighted by molar-refractivity contribution is 6.32. The molecule has 0 amide bonds. The molecule has 1 aromatic carbocycles. The van der Waals surface area contributed by atoms with Gasteiger partial charge in [-0.05, 0) is 18.9 Å². The minimum atomic E-state index is 0.395. The molecular formula is C9H8ClO. The maximum absolute atomic E-state index is 5.84. The second kappa shape index (κ2) is 2.74. The molecule has 57 valence electrons. The van der Waals surface area contributed by atoms with E-state index in [0.717, 1.165) is 12.8 Å². The molecule has 1 radical (unpaired) electrons. The smallest absolute Gasteiger partial charge is 0.146 e. The summed E-state index contributed by atoms with van der Waals surface area (Å²) in [6.07, 6.45) is 2.70. The summed E-state index contributed by atoms with van der Waals surface area (Å²) in [5.74, 6) is 0.691. The van der Waals surface area contributed by atoms with E-state index in [1.807, 2.05) is 18.2 Å². The zero-order valence-corrected chi connectivity index (χ0v) is 6.77. The van der Waals surface area contributed by atoms with Crippen molar-refractivity contribution in [2.24, 2.45) is 0 Å². The Morgan fingerprint density at radius 2 is 2.36 bits per heavy atom.